The van der Waals surface area contributed by atoms with Gasteiger partial charge in [-0.25, -0.2) is 4.98 Å². The second-order valence-corrected chi connectivity index (χ2v) is 5.80. The summed E-state index contributed by atoms with van der Waals surface area (Å²) in [6.45, 7) is 5.86. The van der Waals surface area contributed by atoms with Gasteiger partial charge in [0.25, 0.3) is 0 Å². The summed E-state index contributed by atoms with van der Waals surface area (Å²) in [5.74, 6) is 0.394. The highest BCUT2D eigenvalue weighted by molar-refractivity contribution is 8.00. The number of benzene rings is 1. The van der Waals surface area contributed by atoms with Crippen LogP contribution in [0.3, 0.4) is 0 Å². The van der Waals surface area contributed by atoms with E-state index in [9.17, 15) is 5.21 Å². The topological polar surface area (TPSA) is 45.6 Å². The monoisotopic (exact) mass is 360 g/mol. The summed E-state index contributed by atoms with van der Waals surface area (Å²) in [4.78, 5) is 4.65. The minimum Gasteiger partial charge on any atom is -0.480 e. The van der Waals surface area contributed by atoms with Crippen molar-refractivity contribution < 1.29 is 9.94 Å². The maximum atomic E-state index is 10.2. The molecule has 0 aliphatic carbocycles. The predicted molar refractivity (Wildman–Crippen MR) is 93.5 cm³/mol. The summed E-state index contributed by atoms with van der Waals surface area (Å²) in [7, 11) is 1.51. The van der Waals surface area contributed by atoms with E-state index in [1.807, 2.05) is 20.8 Å². The minimum atomic E-state index is 0.394. The fraction of sp³-hybridized carbons (Fsp3) is 0.267. The Bertz CT molecular complexity index is 626. The number of halogens is 2. The van der Waals surface area contributed by atoms with Gasteiger partial charge in [0.05, 0.1) is 22.7 Å². The molecule has 0 aliphatic rings. The van der Waals surface area contributed by atoms with E-state index >= 15 is 0 Å². The van der Waals surface area contributed by atoms with Crippen molar-refractivity contribution in [1.82, 2.24) is 4.98 Å². The molecule has 0 unspecified atom stereocenters. The van der Waals surface area contributed by atoms with Crippen molar-refractivity contribution in [3.63, 3.8) is 0 Å². The number of hydrogen-bond donors (Lipinski definition) is 1. The lowest BCUT2D eigenvalue weighted by atomic mass is 10.2. The molecule has 22 heavy (non-hydrogen) atoms. The van der Waals surface area contributed by atoms with E-state index in [-0.39, 0.29) is 0 Å². The van der Waals surface area contributed by atoms with Crippen LogP contribution < -0.4 is 9.21 Å². The first-order valence-electron chi connectivity index (χ1n) is 6.64. The number of hydrogen-bond acceptors (Lipinski definition) is 5. The van der Waals surface area contributed by atoms with Gasteiger partial charge in [-0.05, 0) is 36.8 Å². The molecule has 0 spiro atoms. The summed E-state index contributed by atoms with van der Waals surface area (Å²) < 4.78 is 6.17. The zero-order valence-corrected chi connectivity index (χ0v) is 15.1. The van der Waals surface area contributed by atoms with Gasteiger partial charge in [-0.2, -0.15) is 4.47 Å². The van der Waals surface area contributed by atoms with Gasteiger partial charge in [0.1, 0.15) is 0 Å². The second kappa shape index (κ2) is 9.10. The third-order valence-corrected chi connectivity index (χ3v) is 3.83. The van der Waals surface area contributed by atoms with Crippen LogP contribution in [0.25, 0.3) is 0 Å². The molecule has 120 valence electrons. The minimum absolute atomic E-state index is 0.394. The van der Waals surface area contributed by atoms with Gasteiger partial charge in [-0.15, -0.1) is 0 Å². The molecule has 0 atom stereocenters. The number of methoxy groups -OCH3 is 1. The molecule has 1 aromatic heterocycles. The third kappa shape index (κ3) is 4.95. The molecule has 7 heteroatoms. The number of aryl methyl sites for hydroxylation is 1. The number of aromatic nitrogens is 1. The number of nitrogens with zero attached hydrogens (tertiary/aromatic N) is 2. The van der Waals surface area contributed by atoms with Crippen LogP contribution >= 0.6 is 35.1 Å². The zero-order chi connectivity index (χ0) is 16.7. The SMILES string of the molecule is CC.COc1ncc(Cl)cc1SN(O)c1ccc(Cl)cc1C. The smallest absolute Gasteiger partial charge is 0.229 e. The van der Waals surface area contributed by atoms with Crippen molar-refractivity contribution in [3.8, 4) is 5.88 Å². The Morgan fingerprint density at radius 2 is 1.86 bits per heavy atom. The van der Waals surface area contributed by atoms with E-state index in [1.165, 1.54) is 13.3 Å². The zero-order valence-electron chi connectivity index (χ0n) is 12.8. The van der Waals surface area contributed by atoms with Crippen LogP contribution in [0.1, 0.15) is 19.4 Å². The standard InChI is InChI=1S/C13H12Cl2N2O2S.C2H6/c1-8-5-9(14)3-4-11(8)17(18)20-12-6-10(15)7-16-13(12)19-2;1-2/h3-7,18H,1-2H3;1-2H3. The van der Waals surface area contributed by atoms with Crippen LogP contribution in [-0.2, 0) is 0 Å². The van der Waals surface area contributed by atoms with Crippen LogP contribution in [0.15, 0.2) is 35.4 Å². The lowest BCUT2D eigenvalue weighted by Crippen LogP contribution is -2.09. The molecule has 2 aromatic rings. The van der Waals surface area contributed by atoms with Crippen molar-refractivity contribution in [3.05, 3.63) is 46.1 Å². The first kappa shape index (κ1) is 18.9. The molecule has 0 bridgehead atoms. The molecule has 1 N–H and O–H groups in total. The van der Waals surface area contributed by atoms with Crippen LogP contribution in [0, 0.1) is 6.92 Å². The fourth-order valence-electron chi connectivity index (χ4n) is 1.60. The van der Waals surface area contributed by atoms with Crippen LogP contribution in [0.4, 0.5) is 5.69 Å². The summed E-state index contributed by atoms with van der Waals surface area (Å²) in [6, 6.07) is 6.89. The Labute approximate surface area is 145 Å². The van der Waals surface area contributed by atoms with Gasteiger partial charge in [0.2, 0.25) is 5.88 Å². The van der Waals surface area contributed by atoms with Gasteiger partial charge in [0, 0.05) is 23.2 Å². The molecule has 0 saturated heterocycles. The van der Waals surface area contributed by atoms with Gasteiger partial charge in [0.15, 0.2) is 0 Å². The normalized spacial score (nSPS) is 9.77. The van der Waals surface area contributed by atoms with Gasteiger partial charge >= 0.3 is 0 Å². The van der Waals surface area contributed by atoms with Gasteiger partial charge in [-0.3, -0.25) is 5.21 Å². The fourth-order valence-corrected chi connectivity index (χ4v) is 2.94. The molecule has 2 rings (SSSR count). The second-order valence-electron chi connectivity index (χ2n) is 3.96. The van der Waals surface area contributed by atoms with E-state index in [1.54, 1.807) is 24.3 Å². The van der Waals surface area contributed by atoms with E-state index in [2.05, 4.69) is 4.98 Å². The molecular formula is C15H18Cl2N2O2S. The van der Waals surface area contributed by atoms with E-state index in [0.29, 0.717) is 26.5 Å². The summed E-state index contributed by atoms with van der Waals surface area (Å²) in [5, 5.41) is 11.3. The average molecular weight is 361 g/mol. The van der Waals surface area contributed by atoms with Gasteiger partial charge in [-0.1, -0.05) is 37.0 Å². The maximum Gasteiger partial charge on any atom is 0.229 e. The molecule has 0 radical (unpaired) electrons. The molecule has 0 aliphatic heterocycles. The van der Waals surface area contributed by atoms with E-state index in [4.69, 9.17) is 27.9 Å². The van der Waals surface area contributed by atoms with E-state index < -0.39 is 0 Å². The number of anilines is 1. The van der Waals surface area contributed by atoms with Crippen molar-refractivity contribution in [2.75, 3.05) is 11.6 Å². The third-order valence-electron chi connectivity index (χ3n) is 2.53. The molecule has 1 aromatic carbocycles. The maximum absolute atomic E-state index is 10.2. The van der Waals surface area contributed by atoms with Crippen molar-refractivity contribution in [2.24, 2.45) is 0 Å². The first-order chi connectivity index (χ1) is 10.5. The quantitative estimate of drug-likeness (QED) is 0.564. The number of pyridine rings is 1. The Morgan fingerprint density at radius 1 is 1.18 bits per heavy atom. The molecule has 0 amide bonds. The van der Waals surface area contributed by atoms with Crippen LogP contribution in [0.5, 0.6) is 5.88 Å². The molecule has 4 nitrogen and oxygen atoms in total. The highest BCUT2D eigenvalue weighted by Crippen LogP contribution is 2.35. The average Bonchev–Trinajstić information content (AvgIpc) is 2.49. The predicted octanol–water partition coefficient (Wildman–Crippen LogP) is 5.63. The molecule has 1 heterocycles. The Hall–Kier alpha value is -1.14. The summed E-state index contributed by atoms with van der Waals surface area (Å²) >= 11 is 12.9. The number of ether oxygens (including phenoxy) is 1. The Balaban J connectivity index is 0.00000116. The molecule has 0 fully saturated rings. The van der Waals surface area contributed by atoms with Gasteiger partial charge < -0.3 is 4.74 Å². The highest BCUT2D eigenvalue weighted by Gasteiger charge is 2.14. The summed E-state index contributed by atoms with van der Waals surface area (Å²) in [6.07, 6.45) is 1.49. The Kier molecular flexibility index (Phi) is 7.82. The summed E-state index contributed by atoms with van der Waals surface area (Å²) in [5.41, 5.74) is 1.47. The van der Waals surface area contributed by atoms with Crippen molar-refractivity contribution >= 4 is 40.8 Å². The highest BCUT2D eigenvalue weighted by atomic mass is 35.5. The molecular weight excluding hydrogens is 343 g/mol. The molecule has 0 saturated carbocycles. The van der Waals surface area contributed by atoms with Crippen molar-refractivity contribution in [2.45, 2.75) is 25.7 Å². The largest absolute Gasteiger partial charge is 0.480 e. The van der Waals surface area contributed by atoms with Crippen LogP contribution in [0.2, 0.25) is 10.0 Å². The Morgan fingerprint density at radius 3 is 2.45 bits per heavy atom. The lowest BCUT2D eigenvalue weighted by molar-refractivity contribution is 0.330. The number of rotatable bonds is 4. The first-order valence-corrected chi connectivity index (χ1v) is 8.17. The van der Waals surface area contributed by atoms with Crippen LogP contribution in [-0.4, -0.2) is 17.3 Å². The van der Waals surface area contributed by atoms with Crippen molar-refractivity contribution in [1.29, 1.82) is 0 Å². The van der Waals surface area contributed by atoms with E-state index in [0.717, 1.165) is 22.0 Å². The lowest BCUT2D eigenvalue weighted by Gasteiger charge is -2.18.